The first-order valence-corrected chi connectivity index (χ1v) is 9.65. The summed E-state index contributed by atoms with van der Waals surface area (Å²) in [4.78, 5) is 37.5. The summed E-state index contributed by atoms with van der Waals surface area (Å²) in [7, 11) is 0. The van der Waals surface area contributed by atoms with E-state index in [-0.39, 0.29) is 17.0 Å². The highest BCUT2D eigenvalue weighted by atomic mass is 16.6. The zero-order chi connectivity index (χ0) is 21.0. The molecule has 152 valence electrons. The SMILES string of the molecule is Cc1ccc(C(=O)COC(=O)c2ccc(N3CCC(C)CC3)c([N+](=O)[O-])c2)cc1. The second kappa shape index (κ2) is 8.86. The molecule has 1 saturated heterocycles. The van der Waals surface area contributed by atoms with Gasteiger partial charge in [-0.1, -0.05) is 36.8 Å². The number of rotatable bonds is 6. The smallest absolute Gasteiger partial charge is 0.338 e. The molecule has 0 aromatic heterocycles. The van der Waals surface area contributed by atoms with Gasteiger partial charge in [-0.3, -0.25) is 14.9 Å². The fourth-order valence-corrected chi connectivity index (χ4v) is 3.35. The van der Waals surface area contributed by atoms with Gasteiger partial charge in [0, 0.05) is 24.7 Å². The van der Waals surface area contributed by atoms with Crippen LogP contribution in [0.3, 0.4) is 0 Å². The van der Waals surface area contributed by atoms with Crippen LogP contribution in [0.25, 0.3) is 0 Å². The van der Waals surface area contributed by atoms with Gasteiger partial charge < -0.3 is 9.64 Å². The number of nitrogens with zero attached hydrogens (tertiary/aromatic N) is 2. The van der Waals surface area contributed by atoms with Gasteiger partial charge in [-0.15, -0.1) is 0 Å². The molecule has 2 aromatic rings. The van der Waals surface area contributed by atoms with E-state index in [0.717, 1.165) is 31.5 Å². The number of benzene rings is 2. The Morgan fingerprint density at radius 1 is 1.10 bits per heavy atom. The van der Waals surface area contributed by atoms with E-state index in [0.29, 0.717) is 17.2 Å². The van der Waals surface area contributed by atoms with Crippen LogP contribution in [-0.2, 0) is 4.74 Å². The van der Waals surface area contributed by atoms with Crippen molar-refractivity contribution in [3.63, 3.8) is 0 Å². The lowest BCUT2D eigenvalue weighted by atomic mass is 9.98. The van der Waals surface area contributed by atoms with E-state index in [1.165, 1.54) is 12.1 Å². The van der Waals surface area contributed by atoms with Crippen molar-refractivity contribution in [2.24, 2.45) is 5.92 Å². The number of nitro groups is 1. The summed E-state index contributed by atoms with van der Waals surface area (Å²) < 4.78 is 5.08. The van der Waals surface area contributed by atoms with E-state index in [1.807, 2.05) is 11.8 Å². The van der Waals surface area contributed by atoms with Crippen molar-refractivity contribution in [2.45, 2.75) is 26.7 Å². The zero-order valence-corrected chi connectivity index (χ0v) is 16.6. The van der Waals surface area contributed by atoms with Crippen molar-refractivity contribution in [1.29, 1.82) is 0 Å². The number of piperidine rings is 1. The second-order valence-electron chi connectivity index (χ2n) is 7.50. The van der Waals surface area contributed by atoms with Gasteiger partial charge >= 0.3 is 5.97 Å². The van der Waals surface area contributed by atoms with Crippen LogP contribution in [0, 0.1) is 23.0 Å². The molecule has 0 aliphatic carbocycles. The minimum absolute atomic E-state index is 0.0579. The lowest BCUT2D eigenvalue weighted by Crippen LogP contribution is -2.33. The molecule has 3 rings (SSSR count). The molecule has 7 heteroatoms. The van der Waals surface area contributed by atoms with Crippen molar-refractivity contribution >= 4 is 23.1 Å². The third kappa shape index (κ3) is 4.99. The van der Waals surface area contributed by atoms with Crippen molar-refractivity contribution in [1.82, 2.24) is 0 Å². The minimum atomic E-state index is -0.757. The molecule has 29 heavy (non-hydrogen) atoms. The molecule has 1 fully saturated rings. The normalized spacial score (nSPS) is 14.5. The van der Waals surface area contributed by atoms with Gasteiger partial charge in [0.25, 0.3) is 5.69 Å². The number of ether oxygens (including phenoxy) is 1. The van der Waals surface area contributed by atoms with Crippen LogP contribution in [0.1, 0.15) is 46.0 Å². The van der Waals surface area contributed by atoms with Gasteiger partial charge in [0.05, 0.1) is 10.5 Å². The average Bonchev–Trinajstić information content (AvgIpc) is 2.72. The molecule has 0 radical (unpaired) electrons. The number of hydrogen-bond donors (Lipinski definition) is 0. The number of aryl methyl sites for hydroxylation is 1. The van der Waals surface area contributed by atoms with Gasteiger partial charge in [0.2, 0.25) is 0 Å². The molecule has 0 amide bonds. The Bertz CT molecular complexity index is 915. The lowest BCUT2D eigenvalue weighted by molar-refractivity contribution is -0.384. The monoisotopic (exact) mass is 396 g/mol. The predicted octanol–water partition coefficient (Wildman–Crippen LogP) is 4.18. The van der Waals surface area contributed by atoms with E-state index in [1.54, 1.807) is 30.3 Å². The maximum Gasteiger partial charge on any atom is 0.338 e. The van der Waals surface area contributed by atoms with E-state index in [4.69, 9.17) is 4.74 Å². The molecule has 0 bridgehead atoms. The van der Waals surface area contributed by atoms with Crippen LogP contribution < -0.4 is 4.90 Å². The Morgan fingerprint density at radius 3 is 2.34 bits per heavy atom. The summed E-state index contributed by atoms with van der Waals surface area (Å²) in [5.41, 5.74) is 1.91. The molecule has 2 aromatic carbocycles. The van der Waals surface area contributed by atoms with Crippen molar-refractivity contribution in [3.05, 3.63) is 69.3 Å². The topological polar surface area (TPSA) is 89.8 Å². The van der Waals surface area contributed by atoms with Crippen molar-refractivity contribution in [2.75, 3.05) is 24.6 Å². The maximum atomic E-state index is 12.3. The Labute approximate surface area is 169 Å². The molecule has 0 unspecified atom stereocenters. The summed E-state index contributed by atoms with van der Waals surface area (Å²) in [5, 5.41) is 11.6. The summed E-state index contributed by atoms with van der Waals surface area (Å²) in [5.74, 6) is -0.482. The Kier molecular flexibility index (Phi) is 6.26. The van der Waals surface area contributed by atoms with E-state index < -0.39 is 17.5 Å². The van der Waals surface area contributed by atoms with Gasteiger partial charge in [-0.25, -0.2) is 4.79 Å². The van der Waals surface area contributed by atoms with Gasteiger partial charge in [-0.2, -0.15) is 0 Å². The standard InChI is InChI=1S/C22H24N2O5/c1-15-3-5-17(6-4-15)21(25)14-29-22(26)18-7-8-19(20(13-18)24(27)28)23-11-9-16(2)10-12-23/h3-8,13,16H,9-12,14H2,1-2H3. The molecule has 1 aliphatic rings. The fraction of sp³-hybridized carbons (Fsp3) is 0.364. The third-order valence-electron chi connectivity index (χ3n) is 5.24. The highest BCUT2D eigenvalue weighted by molar-refractivity contribution is 5.99. The quantitative estimate of drug-likeness (QED) is 0.315. The molecule has 0 atom stereocenters. The fourth-order valence-electron chi connectivity index (χ4n) is 3.35. The molecular weight excluding hydrogens is 372 g/mol. The van der Waals surface area contributed by atoms with E-state index in [2.05, 4.69) is 6.92 Å². The van der Waals surface area contributed by atoms with E-state index in [9.17, 15) is 19.7 Å². The number of esters is 1. The van der Waals surface area contributed by atoms with Crippen LogP contribution in [0.4, 0.5) is 11.4 Å². The van der Waals surface area contributed by atoms with E-state index >= 15 is 0 Å². The Morgan fingerprint density at radius 2 is 1.72 bits per heavy atom. The molecule has 0 N–H and O–H groups in total. The average molecular weight is 396 g/mol. The minimum Gasteiger partial charge on any atom is -0.454 e. The number of carbonyl (C=O) groups is 2. The molecular formula is C22H24N2O5. The zero-order valence-electron chi connectivity index (χ0n) is 16.6. The van der Waals surface area contributed by atoms with Crippen LogP contribution in [0.15, 0.2) is 42.5 Å². The number of Topliss-reactive ketones (excluding diaryl/α,β-unsaturated/α-hetero) is 1. The highest BCUT2D eigenvalue weighted by Crippen LogP contribution is 2.32. The van der Waals surface area contributed by atoms with Crippen molar-refractivity contribution in [3.8, 4) is 0 Å². The number of carbonyl (C=O) groups excluding carboxylic acids is 2. The Balaban J connectivity index is 1.70. The number of ketones is 1. The van der Waals surface area contributed by atoms with Gasteiger partial charge in [0.15, 0.2) is 12.4 Å². The Hall–Kier alpha value is -3.22. The summed E-state index contributed by atoms with van der Waals surface area (Å²) in [6.07, 6.45) is 1.95. The first-order chi connectivity index (χ1) is 13.8. The van der Waals surface area contributed by atoms with Crippen molar-refractivity contribution < 1.29 is 19.2 Å². The number of anilines is 1. The van der Waals surface area contributed by atoms with Crippen LogP contribution in [0.2, 0.25) is 0 Å². The second-order valence-corrected chi connectivity index (χ2v) is 7.50. The van der Waals surface area contributed by atoms with Crippen LogP contribution in [-0.4, -0.2) is 36.4 Å². The summed E-state index contributed by atoms with van der Waals surface area (Å²) >= 11 is 0. The van der Waals surface area contributed by atoms with Crippen LogP contribution >= 0.6 is 0 Å². The number of hydrogen-bond acceptors (Lipinski definition) is 6. The van der Waals surface area contributed by atoms with Gasteiger partial charge in [-0.05, 0) is 37.8 Å². The van der Waals surface area contributed by atoms with Gasteiger partial charge in [0.1, 0.15) is 5.69 Å². The molecule has 0 spiro atoms. The van der Waals surface area contributed by atoms with Crippen LogP contribution in [0.5, 0.6) is 0 Å². The first kappa shape index (κ1) is 20.5. The molecule has 1 heterocycles. The molecule has 1 aliphatic heterocycles. The largest absolute Gasteiger partial charge is 0.454 e. The molecule has 0 saturated carbocycles. The lowest BCUT2D eigenvalue weighted by Gasteiger charge is -2.31. The summed E-state index contributed by atoms with van der Waals surface area (Å²) in [6.45, 7) is 5.16. The highest BCUT2D eigenvalue weighted by Gasteiger charge is 2.25. The first-order valence-electron chi connectivity index (χ1n) is 9.65. The maximum absolute atomic E-state index is 12.3. The number of nitro benzene ring substituents is 1. The predicted molar refractivity (Wildman–Crippen MR) is 109 cm³/mol. The summed E-state index contributed by atoms with van der Waals surface area (Å²) in [6, 6.07) is 11.3. The third-order valence-corrected chi connectivity index (χ3v) is 5.24. The molecule has 7 nitrogen and oxygen atoms in total.